The van der Waals surface area contributed by atoms with E-state index in [9.17, 15) is 14.4 Å². The number of benzene rings is 2. The van der Waals surface area contributed by atoms with Crippen LogP contribution in [-0.2, 0) is 9.59 Å². The second kappa shape index (κ2) is 8.51. The Balaban J connectivity index is 1.64. The lowest BCUT2D eigenvalue weighted by Crippen LogP contribution is -2.54. The molecule has 0 aliphatic carbocycles. The lowest BCUT2D eigenvalue weighted by atomic mass is 10.1. The van der Waals surface area contributed by atoms with E-state index < -0.39 is 17.8 Å². The number of amides is 4. The number of nitrogens with one attached hydrogen (secondary N) is 1. The number of urea groups is 1. The summed E-state index contributed by atoms with van der Waals surface area (Å²) in [6.07, 6.45) is 1.31. The van der Waals surface area contributed by atoms with Gasteiger partial charge in [-0.25, -0.2) is 9.69 Å². The number of anilines is 1. The van der Waals surface area contributed by atoms with Gasteiger partial charge in [0.2, 0.25) is 0 Å². The van der Waals surface area contributed by atoms with Crippen LogP contribution in [0.15, 0.2) is 85.1 Å². The molecule has 150 valence electrons. The average molecular weight is 504 g/mol. The van der Waals surface area contributed by atoms with Crippen molar-refractivity contribution in [2.75, 3.05) is 4.90 Å². The van der Waals surface area contributed by atoms with E-state index >= 15 is 0 Å². The predicted molar refractivity (Wildman–Crippen MR) is 117 cm³/mol. The number of barbiturate groups is 1. The summed E-state index contributed by atoms with van der Waals surface area (Å²) in [6.45, 7) is 0. The second-order valence-electron chi connectivity index (χ2n) is 6.13. The van der Waals surface area contributed by atoms with Crippen LogP contribution in [0, 0.1) is 0 Å². The summed E-state index contributed by atoms with van der Waals surface area (Å²) < 4.78 is 6.47. The van der Waals surface area contributed by atoms with E-state index in [1.54, 1.807) is 18.2 Å². The molecule has 0 spiro atoms. The van der Waals surface area contributed by atoms with E-state index in [-0.39, 0.29) is 5.57 Å². The minimum atomic E-state index is -0.828. The molecule has 0 radical (unpaired) electrons. The van der Waals surface area contributed by atoms with E-state index in [2.05, 4.69) is 21.2 Å². The first-order chi connectivity index (χ1) is 14.4. The highest BCUT2D eigenvalue weighted by Crippen LogP contribution is 2.36. The first-order valence-corrected chi connectivity index (χ1v) is 10.6. The number of carbonyl (C=O) groups excluding carboxylic acids is 3. The van der Waals surface area contributed by atoms with Gasteiger partial charge in [0.15, 0.2) is 5.09 Å². The second-order valence-corrected chi connectivity index (χ2v) is 8.47. The Bertz CT molecular complexity index is 1180. The molecule has 0 unspecified atom stereocenters. The van der Waals surface area contributed by atoms with Gasteiger partial charge in [0.05, 0.1) is 10.2 Å². The molecular formula is C21H12BrClN2O4S. The number of halogens is 2. The van der Waals surface area contributed by atoms with Crippen molar-refractivity contribution < 1.29 is 18.8 Å². The quantitative estimate of drug-likeness (QED) is 0.375. The fraction of sp³-hybridized carbons (Fsp3) is 0. The minimum Gasteiger partial charge on any atom is -0.449 e. The number of furan rings is 1. The zero-order valence-electron chi connectivity index (χ0n) is 15.1. The molecule has 4 amide bonds. The normalized spacial score (nSPS) is 15.6. The molecule has 6 nitrogen and oxygen atoms in total. The van der Waals surface area contributed by atoms with Gasteiger partial charge in [-0.3, -0.25) is 14.9 Å². The van der Waals surface area contributed by atoms with E-state index in [1.165, 1.54) is 30.0 Å². The van der Waals surface area contributed by atoms with Gasteiger partial charge in [0.1, 0.15) is 11.3 Å². The highest BCUT2D eigenvalue weighted by atomic mass is 79.9. The highest BCUT2D eigenvalue weighted by molar-refractivity contribution is 9.10. The maximum Gasteiger partial charge on any atom is 0.335 e. The van der Waals surface area contributed by atoms with Gasteiger partial charge >= 0.3 is 6.03 Å². The largest absolute Gasteiger partial charge is 0.449 e. The standard InChI is InChI=1S/C21H12BrClN2O4S/c22-17-11-14(29-20(17)30-15-4-2-1-3-5-15)10-16-18(26)24-21(28)25(19(16)27)13-8-6-12(23)7-9-13/h1-11H,(H,24,26,28)/b16-10+. The third-order valence-electron chi connectivity index (χ3n) is 4.10. The molecule has 0 atom stereocenters. The van der Waals surface area contributed by atoms with Gasteiger partial charge in [-0.2, -0.15) is 0 Å². The Morgan fingerprint density at radius 2 is 1.73 bits per heavy atom. The van der Waals surface area contributed by atoms with Gasteiger partial charge in [0, 0.05) is 9.92 Å². The van der Waals surface area contributed by atoms with Crippen molar-refractivity contribution >= 4 is 68.9 Å². The molecule has 0 bridgehead atoms. The van der Waals surface area contributed by atoms with Crippen LogP contribution in [-0.4, -0.2) is 17.8 Å². The molecule has 2 aromatic carbocycles. The molecule has 1 saturated heterocycles. The molecule has 1 aliphatic heterocycles. The molecular weight excluding hydrogens is 492 g/mol. The number of hydrogen-bond acceptors (Lipinski definition) is 5. The molecule has 0 saturated carbocycles. The summed E-state index contributed by atoms with van der Waals surface area (Å²) in [7, 11) is 0. The smallest absolute Gasteiger partial charge is 0.335 e. The Morgan fingerprint density at radius 1 is 1.03 bits per heavy atom. The van der Waals surface area contributed by atoms with Crippen LogP contribution in [0.25, 0.3) is 6.08 Å². The molecule has 4 rings (SSSR count). The van der Waals surface area contributed by atoms with E-state index in [0.717, 1.165) is 9.80 Å². The van der Waals surface area contributed by atoms with E-state index in [0.29, 0.717) is 26.0 Å². The average Bonchev–Trinajstić information content (AvgIpc) is 3.06. The Labute approximate surface area is 189 Å². The Kier molecular flexibility index (Phi) is 5.80. The summed E-state index contributed by atoms with van der Waals surface area (Å²) >= 11 is 10.7. The van der Waals surface area contributed by atoms with Crippen LogP contribution in [0.3, 0.4) is 0 Å². The molecule has 1 aromatic heterocycles. The van der Waals surface area contributed by atoms with Crippen LogP contribution in [0.1, 0.15) is 5.76 Å². The predicted octanol–water partition coefficient (Wildman–Crippen LogP) is 5.51. The van der Waals surface area contributed by atoms with Crippen LogP contribution >= 0.6 is 39.3 Å². The highest BCUT2D eigenvalue weighted by Gasteiger charge is 2.37. The maximum atomic E-state index is 12.9. The fourth-order valence-corrected chi connectivity index (χ4v) is 4.21. The topological polar surface area (TPSA) is 79.6 Å². The Morgan fingerprint density at radius 3 is 2.43 bits per heavy atom. The zero-order chi connectivity index (χ0) is 21.3. The van der Waals surface area contributed by atoms with Crippen molar-refractivity contribution in [3.8, 4) is 0 Å². The lowest BCUT2D eigenvalue weighted by Gasteiger charge is -2.26. The Hall–Kier alpha value is -2.81. The van der Waals surface area contributed by atoms with E-state index in [1.807, 2.05) is 30.3 Å². The van der Waals surface area contributed by atoms with Crippen molar-refractivity contribution in [1.29, 1.82) is 0 Å². The molecule has 9 heteroatoms. The van der Waals surface area contributed by atoms with Crippen molar-refractivity contribution in [3.63, 3.8) is 0 Å². The van der Waals surface area contributed by atoms with Gasteiger partial charge in [-0.05, 0) is 64.5 Å². The van der Waals surface area contributed by atoms with E-state index in [4.69, 9.17) is 16.0 Å². The number of carbonyl (C=O) groups is 3. The number of imide groups is 2. The van der Waals surface area contributed by atoms with Crippen molar-refractivity contribution in [3.05, 3.63) is 81.5 Å². The number of hydrogen-bond donors (Lipinski definition) is 1. The van der Waals surface area contributed by atoms with Crippen LogP contribution in [0.4, 0.5) is 10.5 Å². The van der Waals surface area contributed by atoms with Crippen LogP contribution < -0.4 is 10.2 Å². The monoisotopic (exact) mass is 502 g/mol. The van der Waals surface area contributed by atoms with Gasteiger partial charge < -0.3 is 4.42 Å². The summed E-state index contributed by atoms with van der Waals surface area (Å²) in [6, 6.07) is 16.6. The maximum absolute atomic E-state index is 12.9. The number of nitrogens with zero attached hydrogens (tertiary/aromatic N) is 1. The van der Waals surface area contributed by atoms with Crippen molar-refractivity contribution in [2.45, 2.75) is 9.99 Å². The summed E-state index contributed by atoms with van der Waals surface area (Å²) in [4.78, 5) is 39.3. The molecule has 3 aromatic rings. The first kappa shape index (κ1) is 20.5. The van der Waals surface area contributed by atoms with Crippen LogP contribution in [0.2, 0.25) is 5.02 Å². The SMILES string of the molecule is O=C1NC(=O)N(c2ccc(Cl)cc2)C(=O)/C1=C/c1cc(Br)c(Sc2ccccc2)o1. The molecule has 1 aliphatic rings. The third-order valence-corrected chi connectivity index (χ3v) is 6.20. The summed E-state index contributed by atoms with van der Waals surface area (Å²) in [5.41, 5.74) is 0.0725. The van der Waals surface area contributed by atoms with Gasteiger partial charge in [-0.1, -0.05) is 41.6 Å². The van der Waals surface area contributed by atoms with Crippen LogP contribution in [0.5, 0.6) is 0 Å². The van der Waals surface area contributed by atoms with Crippen molar-refractivity contribution in [2.24, 2.45) is 0 Å². The van der Waals surface area contributed by atoms with Gasteiger partial charge in [0.25, 0.3) is 11.8 Å². The summed E-state index contributed by atoms with van der Waals surface area (Å²) in [5, 5.41) is 3.20. The molecule has 30 heavy (non-hydrogen) atoms. The zero-order valence-corrected chi connectivity index (χ0v) is 18.3. The third kappa shape index (κ3) is 4.21. The minimum absolute atomic E-state index is 0.220. The van der Waals surface area contributed by atoms with Crippen molar-refractivity contribution in [1.82, 2.24) is 5.32 Å². The fourth-order valence-electron chi connectivity index (χ4n) is 2.73. The first-order valence-electron chi connectivity index (χ1n) is 8.61. The van der Waals surface area contributed by atoms with Gasteiger partial charge in [-0.15, -0.1) is 0 Å². The molecule has 2 heterocycles. The number of rotatable bonds is 4. The molecule has 1 N–H and O–H groups in total. The molecule has 1 fully saturated rings. The lowest BCUT2D eigenvalue weighted by molar-refractivity contribution is -0.122. The summed E-state index contributed by atoms with van der Waals surface area (Å²) in [5.74, 6) is -1.25.